The molecule has 0 aliphatic heterocycles. The number of nitrogens with one attached hydrogen (secondary N) is 2. The molecule has 6 nitrogen and oxygen atoms in total. The highest BCUT2D eigenvalue weighted by Gasteiger charge is 2.33. The molecule has 41 heavy (non-hydrogen) atoms. The van der Waals surface area contributed by atoms with Gasteiger partial charge in [-0.15, -0.1) is 0 Å². The lowest BCUT2D eigenvalue weighted by Gasteiger charge is -2.25. The van der Waals surface area contributed by atoms with Crippen molar-refractivity contribution in [3.8, 4) is 11.5 Å². The number of hydrogen-bond donors (Lipinski definition) is 4. The Kier molecular flexibility index (Phi) is 10.7. The first-order chi connectivity index (χ1) is 19.7. The summed E-state index contributed by atoms with van der Waals surface area (Å²) in [5.41, 5.74) is 4.60. The Hall–Kier alpha value is -3.02. The zero-order valence-electron chi connectivity index (χ0n) is 25.2. The molecule has 0 heterocycles. The van der Waals surface area contributed by atoms with E-state index in [0.29, 0.717) is 43.9 Å². The van der Waals surface area contributed by atoms with Crippen LogP contribution < -0.4 is 10.6 Å². The number of benzene rings is 2. The van der Waals surface area contributed by atoms with Gasteiger partial charge >= 0.3 is 0 Å². The molecular formula is C35H50N2O4. The second kappa shape index (κ2) is 14.2. The monoisotopic (exact) mass is 562 g/mol. The number of aromatic hydroxyl groups is 2. The van der Waals surface area contributed by atoms with Gasteiger partial charge in [0.25, 0.3) is 0 Å². The summed E-state index contributed by atoms with van der Waals surface area (Å²) < 4.78 is 0. The van der Waals surface area contributed by atoms with Gasteiger partial charge < -0.3 is 20.8 Å². The Balaban J connectivity index is 1.07. The number of amides is 2. The van der Waals surface area contributed by atoms with E-state index in [1.807, 2.05) is 24.3 Å². The van der Waals surface area contributed by atoms with Crippen molar-refractivity contribution < 1.29 is 19.8 Å². The minimum absolute atomic E-state index is 0.0396. The van der Waals surface area contributed by atoms with Crippen LogP contribution in [0.1, 0.15) is 120 Å². The van der Waals surface area contributed by atoms with Crippen LogP contribution in [-0.4, -0.2) is 35.1 Å². The van der Waals surface area contributed by atoms with Gasteiger partial charge in [0, 0.05) is 37.1 Å². The van der Waals surface area contributed by atoms with Crippen molar-refractivity contribution in [2.24, 2.45) is 0 Å². The number of phenolic OH excluding ortho intramolecular Hbond substituents is 2. The average molecular weight is 563 g/mol. The highest BCUT2D eigenvalue weighted by molar-refractivity contribution is 5.76. The smallest absolute Gasteiger partial charge is 0.220 e. The maximum atomic E-state index is 12.3. The number of phenols is 2. The zero-order chi connectivity index (χ0) is 29.3. The first-order valence-electron chi connectivity index (χ1n) is 15.9. The fourth-order valence-corrected chi connectivity index (χ4v) is 6.92. The van der Waals surface area contributed by atoms with Crippen molar-refractivity contribution >= 4 is 11.8 Å². The molecule has 2 saturated carbocycles. The molecule has 0 radical (unpaired) electrons. The Bertz CT molecular complexity index is 1090. The van der Waals surface area contributed by atoms with E-state index in [1.165, 1.54) is 36.8 Å². The van der Waals surface area contributed by atoms with Crippen molar-refractivity contribution in [1.29, 1.82) is 0 Å². The minimum Gasteiger partial charge on any atom is -0.508 e. The number of carbonyl (C=O) groups excluding carboxylic acids is 2. The molecule has 0 aromatic heterocycles. The van der Waals surface area contributed by atoms with E-state index in [-0.39, 0.29) is 22.6 Å². The topological polar surface area (TPSA) is 98.7 Å². The standard InChI is InChI=1S/C35H50N2O4/c1-34(18-3-4-19-34)28-24-26(14-16-30(28)38)10-7-12-32(40)36-22-9-23-37-33(41)13-8-11-27-15-17-31(39)29(25-27)35(2)20-5-6-21-35/h14-17,24-25,38-39H,3-13,18-23H2,1-2H3,(H,36,40)(H,37,41). The molecule has 6 heteroatoms. The Morgan fingerprint density at radius 1 is 0.659 bits per heavy atom. The summed E-state index contributed by atoms with van der Waals surface area (Å²) in [6.45, 7) is 5.60. The van der Waals surface area contributed by atoms with Crippen molar-refractivity contribution in [1.82, 2.24) is 10.6 Å². The number of hydrogen-bond acceptors (Lipinski definition) is 4. The summed E-state index contributed by atoms with van der Waals surface area (Å²) in [7, 11) is 0. The second-order valence-corrected chi connectivity index (χ2v) is 13.0. The molecule has 2 aromatic rings. The van der Waals surface area contributed by atoms with E-state index in [4.69, 9.17) is 0 Å². The molecule has 2 aliphatic carbocycles. The molecule has 0 unspecified atom stereocenters. The Labute approximate surface area is 246 Å². The quantitative estimate of drug-likeness (QED) is 0.192. The van der Waals surface area contributed by atoms with Crippen LogP contribution in [0.4, 0.5) is 0 Å². The Morgan fingerprint density at radius 3 is 1.44 bits per heavy atom. The summed E-state index contributed by atoms with van der Waals surface area (Å²) in [6, 6.07) is 11.8. The first-order valence-corrected chi connectivity index (χ1v) is 15.9. The molecular weight excluding hydrogens is 512 g/mol. The number of rotatable bonds is 14. The van der Waals surface area contributed by atoms with Crippen molar-refractivity contribution in [3.05, 3.63) is 58.7 Å². The molecule has 0 bridgehead atoms. The highest BCUT2D eigenvalue weighted by atomic mass is 16.3. The molecule has 2 fully saturated rings. The second-order valence-electron chi connectivity index (χ2n) is 13.0. The fourth-order valence-electron chi connectivity index (χ4n) is 6.92. The summed E-state index contributed by atoms with van der Waals surface area (Å²) in [6.07, 6.45) is 14.1. The van der Waals surface area contributed by atoms with Crippen molar-refractivity contribution in [2.45, 2.75) is 121 Å². The maximum Gasteiger partial charge on any atom is 0.220 e. The van der Waals surface area contributed by atoms with Gasteiger partial charge in [-0.3, -0.25) is 9.59 Å². The normalized spacial score (nSPS) is 17.4. The van der Waals surface area contributed by atoms with Gasteiger partial charge in [-0.2, -0.15) is 0 Å². The van der Waals surface area contributed by atoms with Gasteiger partial charge in [0.2, 0.25) is 11.8 Å². The van der Waals surface area contributed by atoms with E-state index < -0.39 is 0 Å². The van der Waals surface area contributed by atoms with Gasteiger partial charge in [0.05, 0.1) is 0 Å². The molecule has 2 amide bonds. The van der Waals surface area contributed by atoms with E-state index in [2.05, 4.69) is 36.6 Å². The summed E-state index contributed by atoms with van der Waals surface area (Å²) >= 11 is 0. The van der Waals surface area contributed by atoms with E-state index in [9.17, 15) is 19.8 Å². The summed E-state index contributed by atoms with van der Waals surface area (Å²) in [5.74, 6) is 0.862. The van der Waals surface area contributed by atoms with Crippen molar-refractivity contribution in [3.63, 3.8) is 0 Å². The number of carbonyl (C=O) groups is 2. The Morgan fingerprint density at radius 2 is 1.05 bits per heavy atom. The van der Waals surface area contributed by atoms with Crippen LogP contribution in [0.15, 0.2) is 36.4 Å². The molecule has 2 aromatic carbocycles. The van der Waals surface area contributed by atoms with Crippen LogP contribution >= 0.6 is 0 Å². The largest absolute Gasteiger partial charge is 0.508 e. The fraction of sp³-hybridized carbons (Fsp3) is 0.600. The molecule has 4 rings (SSSR count). The molecule has 224 valence electrons. The summed E-state index contributed by atoms with van der Waals surface area (Å²) in [4.78, 5) is 24.6. The van der Waals surface area contributed by atoms with Crippen LogP contribution in [0.5, 0.6) is 11.5 Å². The molecule has 0 saturated heterocycles. The van der Waals surface area contributed by atoms with E-state index in [1.54, 1.807) is 0 Å². The van der Waals surface area contributed by atoms with E-state index in [0.717, 1.165) is 62.5 Å². The van der Waals surface area contributed by atoms with Gasteiger partial charge in [-0.1, -0.05) is 63.8 Å². The van der Waals surface area contributed by atoms with Crippen molar-refractivity contribution in [2.75, 3.05) is 13.1 Å². The number of aryl methyl sites for hydroxylation is 2. The average Bonchev–Trinajstić information content (AvgIpc) is 3.60. The molecule has 0 atom stereocenters. The SMILES string of the molecule is CC1(c2cc(CCCC(=O)NCCCNC(=O)CCCc3ccc(O)c(C4(C)CCCC4)c3)ccc2O)CCCC1. The van der Waals surface area contributed by atoms with Crippen LogP contribution in [0, 0.1) is 0 Å². The predicted octanol–water partition coefficient (Wildman–Crippen LogP) is 6.73. The summed E-state index contributed by atoms with van der Waals surface area (Å²) in [5, 5.41) is 26.7. The first kappa shape index (κ1) is 30.9. The molecule has 2 aliphatic rings. The third kappa shape index (κ3) is 8.50. The van der Waals surface area contributed by atoms with E-state index >= 15 is 0 Å². The minimum atomic E-state index is 0.0396. The van der Waals surface area contributed by atoms with Crippen LogP contribution in [0.2, 0.25) is 0 Å². The highest BCUT2D eigenvalue weighted by Crippen LogP contribution is 2.45. The van der Waals surface area contributed by atoms with Gasteiger partial charge in [0.1, 0.15) is 11.5 Å². The lowest BCUT2D eigenvalue weighted by atomic mass is 9.79. The lowest BCUT2D eigenvalue weighted by molar-refractivity contribution is -0.121. The van der Waals surface area contributed by atoms with Gasteiger partial charge in [0.15, 0.2) is 0 Å². The third-order valence-corrected chi connectivity index (χ3v) is 9.57. The zero-order valence-corrected chi connectivity index (χ0v) is 25.2. The van der Waals surface area contributed by atoms with Gasteiger partial charge in [-0.25, -0.2) is 0 Å². The maximum absolute atomic E-state index is 12.3. The van der Waals surface area contributed by atoms with Crippen LogP contribution in [0.3, 0.4) is 0 Å². The lowest BCUT2D eigenvalue weighted by Crippen LogP contribution is -2.29. The molecule has 4 N–H and O–H groups in total. The third-order valence-electron chi connectivity index (χ3n) is 9.57. The molecule has 0 spiro atoms. The van der Waals surface area contributed by atoms with Crippen LogP contribution in [0.25, 0.3) is 0 Å². The van der Waals surface area contributed by atoms with Crippen LogP contribution in [-0.2, 0) is 33.3 Å². The predicted molar refractivity (Wildman–Crippen MR) is 164 cm³/mol. The van der Waals surface area contributed by atoms with Gasteiger partial charge in [-0.05, 0) is 91.9 Å².